The van der Waals surface area contributed by atoms with E-state index in [4.69, 9.17) is 5.26 Å². The number of allylic oxidation sites excluding steroid dienone is 2. The number of fused-ring (bicyclic) bond motifs is 2. The van der Waals surface area contributed by atoms with E-state index < -0.39 is 0 Å². The van der Waals surface area contributed by atoms with Crippen molar-refractivity contribution < 1.29 is 0 Å². The highest BCUT2D eigenvalue weighted by Crippen LogP contribution is 2.28. The van der Waals surface area contributed by atoms with Gasteiger partial charge in [0.2, 0.25) is 0 Å². The molecule has 0 amide bonds. The summed E-state index contributed by atoms with van der Waals surface area (Å²) in [5, 5.41) is 15.0. The van der Waals surface area contributed by atoms with Crippen molar-refractivity contribution in [3.8, 4) is 11.7 Å². The lowest BCUT2D eigenvalue weighted by molar-refractivity contribution is 0.780. The van der Waals surface area contributed by atoms with E-state index in [-0.39, 0.29) is 12.3 Å². The molecule has 7 heteroatoms. The molecule has 4 aromatic rings. The summed E-state index contributed by atoms with van der Waals surface area (Å²) in [6.45, 7) is 8.11. The maximum Gasteiger partial charge on any atom is 0.271 e. The van der Waals surface area contributed by atoms with Gasteiger partial charge in [0.15, 0.2) is 0 Å². The quantitative estimate of drug-likeness (QED) is 0.377. The molecule has 0 saturated heterocycles. The standard InChI is InChI=1S/C22H18BN5O.2C2H6/c1-27-12-17-10-18(3-5-20(17)26-27)28-14-25-21-11-16(2-4-19(21)22(28)29)15-6-8-23(13-24)9-7-15;2*1-2/h2-6,10-12,14H,7-9H2,1H3;2*1-2H3. The van der Waals surface area contributed by atoms with Gasteiger partial charge >= 0.3 is 0 Å². The van der Waals surface area contributed by atoms with E-state index in [9.17, 15) is 4.79 Å². The number of hydrogen-bond donors (Lipinski definition) is 0. The molecule has 6 nitrogen and oxygen atoms in total. The number of aromatic nitrogens is 4. The Morgan fingerprint density at radius 1 is 1.06 bits per heavy atom. The van der Waals surface area contributed by atoms with Crippen LogP contribution in [0.2, 0.25) is 12.6 Å². The molecule has 0 spiro atoms. The highest BCUT2D eigenvalue weighted by Gasteiger charge is 2.19. The molecule has 0 bridgehead atoms. The Morgan fingerprint density at radius 2 is 1.85 bits per heavy atom. The molecular weight excluding hydrogens is 409 g/mol. The number of aryl methyl sites for hydroxylation is 1. The van der Waals surface area contributed by atoms with Crippen LogP contribution in [0, 0.1) is 11.2 Å². The summed E-state index contributed by atoms with van der Waals surface area (Å²) in [6.07, 6.45) is 8.21. The van der Waals surface area contributed by atoms with Gasteiger partial charge in [0, 0.05) is 24.6 Å². The first-order valence-corrected chi connectivity index (χ1v) is 11.7. The Hall–Kier alpha value is -3.66. The van der Waals surface area contributed by atoms with Crippen LogP contribution in [0.15, 0.2) is 59.8 Å². The second-order valence-corrected chi connectivity index (χ2v) is 7.53. The normalized spacial score (nSPS) is 12.8. The van der Waals surface area contributed by atoms with Crippen LogP contribution in [0.5, 0.6) is 0 Å². The highest BCUT2D eigenvalue weighted by atomic mass is 16.1. The maximum absolute atomic E-state index is 13.1. The summed E-state index contributed by atoms with van der Waals surface area (Å²) in [4.78, 5) is 17.6. The van der Waals surface area contributed by atoms with Crippen molar-refractivity contribution >= 4 is 34.1 Å². The van der Waals surface area contributed by atoms with Crippen LogP contribution in [0.25, 0.3) is 33.1 Å². The topological polar surface area (TPSA) is 76.5 Å². The molecule has 2 aromatic carbocycles. The molecule has 0 radical (unpaired) electrons. The van der Waals surface area contributed by atoms with Gasteiger partial charge in [-0.05, 0) is 54.2 Å². The van der Waals surface area contributed by atoms with E-state index in [1.54, 1.807) is 15.6 Å². The minimum absolute atomic E-state index is 0.0908. The molecule has 0 N–H and O–H groups in total. The molecule has 0 aliphatic carbocycles. The minimum Gasteiger partial charge on any atom is -0.275 e. The van der Waals surface area contributed by atoms with Gasteiger partial charge in [-0.15, -0.1) is 0 Å². The number of nitriles is 1. The van der Waals surface area contributed by atoms with Crippen LogP contribution in [-0.2, 0) is 7.05 Å². The average molecular weight is 439 g/mol. The zero-order valence-corrected chi connectivity index (χ0v) is 20.0. The zero-order chi connectivity index (χ0) is 24.0. The first-order valence-electron chi connectivity index (χ1n) is 11.7. The Labute approximate surface area is 195 Å². The Bertz CT molecular complexity index is 1390. The van der Waals surface area contributed by atoms with E-state index in [1.165, 1.54) is 5.57 Å². The van der Waals surface area contributed by atoms with Crippen LogP contribution >= 0.6 is 0 Å². The smallest absolute Gasteiger partial charge is 0.271 e. The molecule has 5 rings (SSSR count). The molecule has 0 atom stereocenters. The third kappa shape index (κ3) is 4.90. The lowest BCUT2D eigenvalue weighted by atomic mass is 9.43. The third-order valence-corrected chi connectivity index (χ3v) is 5.60. The number of nitrogens with zero attached hydrogens (tertiary/aromatic N) is 5. The third-order valence-electron chi connectivity index (χ3n) is 5.60. The average Bonchev–Trinajstić information content (AvgIpc) is 3.26. The summed E-state index contributed by atoms with van der Waals surface area (Å²) in [6, 6.07) is 11.6. The molecule has 1 aliphatic rings. The summed E-state index contributed by atoms with van der Waals surface area (Å²) in [5.41, 5.74) is 4.57. The summed E-state index contributed by atoms with van der Waals surface area (Å²) in [7, 11) is 1.88. The molecule has 0 fully saturated rings. The monoisotopic (exact) mass is 439 g/mol. The van der Waals surface area contributed by atoms with Crippen LogP contribution < -0.4 is 5.56 Å². The van der Waals surface area contributed by atoms with Crippen LogP contribution in [0.1, 0.15) is 39.7 Å². The first kappa shape index (κ1) is 24.0. The Balaban J connectivity index is 0.000000728. The Morgan fingerprint density at radius 3 is 2.55 bits per heavy atom. The summed E-state index contributed by atoms with van der Waals surface area (Å²) >= 11 is 0. The number of rotatable bonds is 2. The number of hydrogen-bond acceptors (Lipinski definition) is 4. The number of benzene rings is 2. The zero-order valence-electron chi connectivity index (χ0n) is 20.0. The van der Waals surface area contributed by atoms with Crippen molar-refractivity contribution in [1.29, 1.82) is 5.26 Å². The van der Waals surface area contributed by atoms with E-state index in [0.717, 1.165) is 41.2 Å². The SMILES string of the molecule is CC.CC.Cn1cc2cc(-n3cnc4cc(C5=CCB(C#N)CC5)ccc4c3=O)ccc2n1. The molecule has 33 heavy (non-hydrogen) atoms. The fourth-order valence-electron chi connectivity index (χ4n) is 4.01. The second-order valence-electron chi connectivity index (χ2n) is 7.53. The van der Waals surface area contributed by atoms with E-state index in [1.807, 2.05) is 77.3 Å². The minimum atomic E-state index is -0.0908. The molecule has 0 unspecified atom stereocenters. The Kier molecular flexibility index (Phi) is 7.84. The van der Waals surface area contributed by atoms with Gasteiger partial charge in [-0.2, -0.15) is 5.10 Å². The van der Waals surface area contributed by atoms with Gasteiger partial charge < -0.3 is 0 Å². The summed E-state index contributed by atoms with van der Waals surface area (Å²) < 4.78 is 3.34. The largest absolute Gasteiger partial charge is 0.275 e. The van der Waals surface area contributed by atoms with Crippen molar-refractivity contribution in [1.82, 2.24) is 19.3 Å². The van der Waals surface area contributed by atoms with Crippen molar-refractivity contribution in [2.75, 3.05) is 0 Å². The van der Waals surface area contributed by atoms with E-state index in [0.29, 0.717) is 10.9 Å². The lowest BCUT2D eigenvalue weighted by Gasteiger charge is -2.15. The molecule has 3 heterocycles. The van der Waals surface area contributed by atoms with Crippen molar-refractivity contribution in [2.24, 2.45) is 7.05 Å². The van der Waals surface area contributed by atoms with Crippen molar-refractivity contribution in [3.63, 3.8) is 0 Å². The maximum atomic E-state index is 13.1. The van der Waals surface area contributed by atoms with Gasteiger partial charge in [0.1, 0.15) is 6.33 Å². The van der Waals surface area contributed by atoms with E-state index in [2.05, 4.69) is 22.1 Å². The van der Waals surface area contributed by atoms with E-state index >= 15 is 0 Å². The first-order chi connectivity index (χ1) is 16.1. The van der Waals surface area contributed by atoms with Gasteiger partial charge in [0.05, 0.1) is 22.1 Å². The fraction of sp³-hybridized carbons (Fsp3) is 0.308. The molecule has 1 aliphatic heterocycles. The molecule has 168 valence electrons. The predicted molar refractivity (Wildman–Crippen MR) is 138 cm³/mol. The van der Waals surface area contributed by atoms with Gasteiger partial charge in [-0.25, -0.2) is 10.2 Å². The van der Waals surface area contributed by atoms with Crippen LogP contribution in [-0.4, -0.2) is 26.0 Å². The van der Waals surface area contributed by atoms with Gasteiger partial charge in [0.25, 0.3) is 12.3 Å². The van der Waals surface area contributed by atoms with Crippen molar-refractivity contribution in [3.05, 3.63) is 70.9 Å². The van der Waals surface area contributed by atoms with Crippen LogP contribution in [0.3, 0.4) is 0 Å². The molecule has 2 aromatic heterocycles. The predicted octanol–water partition coefficient (Wildman–Crippen LogP) is 5.67. The summed E-state index contributed by atoms with van der Waals surface area (Å²) in [5.74, 6) is 2.34. The van der Waals surface area contributed by atoms with Crippen LogP contribution in [0.4, 0.5) is 0 Å². The molecular formula is C26H30BN5O. The highest BCUT2D eigenvalue weighted by molar-refractivity contribution is 6.67. The van der Waals surface area contributed by atoms with Gasteiger partial charge in [-0.3, -0.25) is 14.0 Å². The second kappa shape index (κ2) is 10.8. The lowest BCUT2D eigenvalue weighted by Crippen LogP contribution is -2.19. The fourth-order valence-corrected chi connectivity index (χ4v) is 4.01. The molecule has 0 saturated carbocycles. The van der Waals surface area contributed by atoms with Gasteiger partial charge in [-0.1, -0.05) is 46.2 Å². The van der Waals surface area contributed by atoms with Crippen molar-refractivity contribution in [2.45, 2.75) is 46.8 Å².